The Balaban J connectivity index is 2.17. The number of carbonyl (C=O) groups is 1. The number of hydrogen-bond acceptors (Lipinski definition) is 1. The maximum Gasteiger partial charge on any atom is 0.136 e. The van der Waals surface area contributed by atoms with Gasteiger partial charge in [0.1, 0.15) is 5.78 Å². The lowest BCUT2D eigenvalue weighted by Crippen LogP contribution is -2.15. The highest BCUT2D eigenvalue weighted by Gasteiger charge is 2.17. The summed E-state index contributed by atoms with van der Waals surface area (Å²) in [7, 11) is 0. The van der Waals surface area contributed by atoms with E-state index in [1.807, 2.05) is 0 Å². The van der Waals surface area contributed by atoms with Gasteiger partial charge in [0.15, 0.2) is 0 Å². The molecular formula is C13H22O. The van der Waals surface area contributed by atoms with E-state index in [1.165, 1.54) is 6.42 Å². The smallest absolute Gasteiger partial charge is 0.136 e. The average Bonchev–Trinajstić information content (AvgIpc) is 2.18. The first kappa shape index (κ1) is 11.5. The normalized spacial score (nSPS) is 21.5. The van der Waals surface area contributed by atoms with Gasteiger partial charge in [0, 0.05) is 12.3 Å². The third kappa shape index (κ3) is 4.08. The molecule has 1 unspecified atom stereocenters. The second kappa shape index (κ2) is 6.00. The number of rotatable bonds is 5. The maximum absolute atomic E-state index is 11.7. The van der Waals surface area contributed by atoms with Crippen LogP contribution in [0.15, 0.2) is 12.2 Å². The molecule has 0 aromatic rings. The van der Waals surface area contributed by atoms with Crippen molar-refractivity contribution in [1.82, 2.24) is 0 Å². The van der Waals surface area contributed by atoms with Gasteiger partial charge in [0.25, 0.3) is 0 Å². The molecule has 1 aliphatic rings. The summed E-state index contributed by atoms with van der Waals surface area (Å²) in [6, 6.07) is 0. The largest absolute Gasteiger partial charge is 0.299 e. The summed E-state index contributed by atoms with van der Waals surface area (Å²) in [5.74, 6) is 1.57. The fourth-order valence-corrected chi connectivity index (χ4v) is 1.97. The van der Waals surface area contributed by atoms with Crippen LogP contribution in [0.3, 0.4) is 0 Å². The van der Waals surface area contributed by atoms with Gasteiger partial charge in [0.05, 0.1) is 0 Å². The Morgan fingerprint density at radius 1 is 1.43 bits per heavy atom. The predicted molar refractivity (Wildman–Crippen MR) is 60.2 cm³/mol. The molecule has 1 heteroatoms. The summed E-state index contributed by atoms with van der Waals surface area (Å²) < 4.78 is 0. The molecule has 1 atom stereocenters. The number of carbonyl (C=O) groups excluding carboxylic acids is 1. The van der Waals surface area contributed by atoms with E-state index in [4.69, 9.17) is 0 Å². The van der Waals surface area contributed by atoms with Crippen molar-refractivity contribution in [3.05, 3.63) is 12.2 Å². The molecule has 0 aromatic heterocycles. The molecule has 0 heterocycles. The van der Waals surface area contributed by atoms with E-state index < -0.39 is 0 Å². The summed E-state index contributed by atoms with van der Waals surface area (Å²) in [6.07, 6.45) is 10.6. The molecule has 14 heavy (non-hydrogen) atoms. The van der Waals surface area contributed by atoms with E-state index in [0.717, 1.165) is 38.0 Å². The van der Waals surface area contributed by atoms with Gasteiger partial charge < -0.3 is 0 Å². The van der Waals surface area contributed by atoms with E-state index >= 15 is 0 Å². The SMILES string of the molecule is CC(C)CCCC(=O)C1CC=CCC1. The van der Waals surface area contributed by atoms with Crippen LogP contribution in [-0.4, -0.2) is 5.78 Å². The fourth-order valence-electron chi connectivity index (χ4n) is 1.97. The van der Waals surface area contributed by atoms with Crippen molar-refractivity contribution in [3.63, 3.8) is 0 Å². The molecule has 0 aromatic carbocycles. The summed E-state index contributed by atoms with van der Waals surface area (Å²) >= 11 is 0. The summed E-state index contributed by atoms with van der Waals surface area (Å²) in [5.41, 5.74) is 0. The maximum atomic E-state index is 11.7. The predicted octanol–water partition coefficient (Wildman–Crippen LogP) is 3.74. The second-order valence-electron chi connectivity index (χ2n) is 4.73. The van der Waals surface area contributed by atoms with E-state index in [2.05, 4.69) is 26.0 Å². The molecule has 0 amide bonds. The monoisotopic (exact) mass is 194 g/mol. The number of hydrogen-bond donors (Lipinski definition) is 0. The van der Waals surface area contributed by atoms with E-state index in [1.54, 1.807) is 0 Å². The molecule has 0 N–H and O–H groups in total. The first-order valence-electron chi connectivity index (χ1n) is 5.88. The zero-order valence-electron chi connectivity index (χ0n) is 9.46. The van der Waals surface area contributed by atoms with Crippen LogP contribution < -0.4 is 0 Å². The van der Waals surface area contributed by atoms with Crippen molar-refractivity contribution in [2.75, 3.05) is 0 Å². The topological polar surface area (TPSA) is 17.1 Å². The van der Waals surface area contributed by atoms with Gasteiger partial charge in [-0.25, -0.2) is 0 Å². The summed E-state index contributed by atoms with van der Waals surface area (Å²) in [6.45, 7) is 4.43. The van der Waals surface area contributed by atoms with Crippen LogP contribution in [0, 0.1) is 11.8 Å². The van der Waals surface area contributed by atoms with Crippen LogP contribution in [0.5, 0.6) is 0 Å². The van der Waals surface area contributed by atoms with E-state index in [9.17, 15) is 4.79 Å². The zero-order chi connectivity index (χ0) is 10.4. The third-order valence-electron chi connectivity index (χ3n) is 2.93. The Kier molecular flexibility index (Phi) is 4.92. The van der Waals surface area contributed by atoms with Crippen molar-refractivity contribution in [2.45, 2.75) is 52.4 Å². The van der Waals surface area contributed by atoms with Crippen LogP contribution in [0.2, 0.25) is 0 Å². The quantitative estimate of drug-likeness (QED) is 0.609. The molecule has 0 aliphatic heterocycles. The van der Waals surface area contributed by atoms with Crippen LogP contribution >= 0.6 is 0 Å². The van der Waals surface area contributed by atoms with Crippen LogP contribution in [-0.2, 0) is 4.79 Å². The molecule has 1 aliphatic carbocycles. The Hall–Kier alpha value is -0.590. The van der Waals surface area contributed by atoms with Gasteiger partial charge in [-0.1, -0.05) is 32.4 Å². The van der Waals surface area contributed by atoms with E-state index in [0.29, 0.717) is 11.7 Å². The Morgan fingerprint density at radius 2 is 2.21 bits per heavy atom. The van der Waals surface area contributed by atoms with Gasteiger partial charge in [0.2, 0.25) is 0 Å². The minimum atomic E-state index is 0.340. The molecule has 80 valence electrons. The summed E-state index contributed by atoms with van der Waals surface area (Å²) in [5, 5.41) is 0. The standard InChI is InChI=1S/C13H22O/c1-11(2)7-6-10-13(14)12-8-4-3-5-9-12/h3-4,11-12H,5-10H2,1-2H3. The minimum absolute atomic E-state index is 0.340. The van der Waals surface area contributed by atoms with Crippen molar-refractivity contribution < 1.29 is 4.79 Å². The highest BCUT2D eigenvalue weighted by atomic mass is 16.1. The molecule has 0 bridgehead atoms. The van der Waals surface area contributed by atoms with Gasteiger partial charge in [-0.3, -0.25) is 4.79 Å². The highest BCUT2D eigenvalue weighted by Crippen LogP contribution is 2.21. The first-order valence-corrected chi connectivity index (χ1v) is 5.88. The fraction of sp³-hybridized carbons (Fsp3) is 0.769. The molecule has 0 saturated carbocycles. The lowest BCUT2D eigenvalue weighted by atomic mass is 9.88. The Labute approximate surface area is 87.6 Å². The lowest BCUT2D eigenvalue weighted by Gasteiger charge is -2.16. The number of allylic oxidation sites excluding steroid dienone is 2. The minimum Gasteiger partial charge on any atom is -0.299 e. The number of ketones is 1. The van der Waals surface area contributed by atoms with Gasteiger partial charge in [-0.05, 0) is 31.6 Å². The van der Waals surface area contributed by atoms with Gasteiger partial charge in [-0.2, -0.15) is 0 Å². The van der Waals surface area contributed by atoms with Gasteiger partial charge in [-0.15, -0.1) is 0 Å². The Morgan fingerprint density at radius 3 is 2.79 bits per heavy atom. The Bertz CT molecular complexity index is 203. The average molecular weight is 194 g/mol. The zero-order valence-corrected chi connectivity index (χ0v) is 9.46. The number of Topliss-reactive ketones (excluding diaryl/α,β-unsaturated/α-hetero) is 1. The molecule has 0 radical (unpaired) electrons. The van der Waals surface area contributed by atoms with E-state index in [-0.39, 0.29) is 0 Å². The van der Waals surface area contributed by atoms with Crippen molar-refractivity contribution in [2.24, 2.45) is 11.8 Å². The van der Waals surface area contributed by atoms with Crippen molar-refractivity contribution in [3.8, 4) is 0 Å². The molecular weight excluding hydrogens is 172 g/mol. The molecule has 1 rings (SSSR count). The highest BCUT2D eigenvalue weighted by molar-refractivity contribution is 5.81. The molecule has 0 fully saturated rings. The summed E-state index contributed by atoms with van der Waals surface area (Å²) in [4.78, 5) is 11.7. The van der Waals surface area contributed by atoms with Gasteiger partial charge >= 0.3 is 0 Å². The lowest BCUT2D eigenvalue weighted by molar-refractivity contribution is -0.123. The van der Waals surface area contributed by atoms with Crippen molar-refractivity contribution in [1.29, 1.82) is 0 Å². The van der Waals surface area contributed by atoms with Crippen LogP contribution in [0.1, 0.15) is 52.4 Å². The van der Waals surface area contributed by atoms with Crippen LogP contribution in [0.4, 0.5) is 0 Å². The molecule has 1 nitrogen and oxygen atoms in total. The van der Waals surface area contributed by atoms with Crippen LogP contribution in [0.25, 0.3) is 0 Å². The molecule has 0 spiro atoms. The first-order chi connectivity index (χ1) is 6.70. The molecule has 0 saturated heterocycles. The van der Waals surface area contributed by atoms with Crippen molar-refractivity contribution >= 4 is 5.78 Å². The third-order valence-corrected chi connectivity index (χ3v) is 2.93. The second-order valence-corrected chi connectivity index (χ2v) is 4.73.